The molecule has 8 nitrogen and oxygen atoms in total. The normalized spacial score (nSPS) is 11.9. The molecule has 0 fully saturated rings. The number of hydrogen-bond acceptors (Lipinski definition) is 6. The summed E-state index contributed by atoms with van der Waals surface area (Å²) in [5.74, 6) is -1.07. The molecule has 1 unspecified atom stereocenters. The minimum absolute atomic E-state index is 0.142. The van der Waals surface area contributed by atoms with Crippen molar-refractivity contribution in [1.82, 2.24) is 19.6 Å². The van der Waals surface area contributed by atoms with Crippen LogP contribution < -0.4 is 5.32 Å². The zero-order valence-electron chi connectivity index (χ0n) is 13.1. The first-order valence-electron chi connectivity index (χ1n) is 7.30. The highest BCUT2D eigenvalue weighted by Crippen LogP contribution is 2.08. The van der Waals surface area contributed by atoms with Gasteiger partial charge in [-0.15, -0.1) is 5.10 Å². The largest absolute Gasteiger partial charge is 0.447 e. The van der Waals surface area contributed by atoms with Crippen LogP contribution in [0.1, 0.15) is 23.2 Å². The van der Waals surface area contributed by atoms with Crippen molar-refractivity contribution in [3.63, 3.8) is 0 Å². The number of anilines is 1. The third kappa shape index (κ3) is 3.22. The Bertz CT molecular complexity index is 891. The van der Waals surface area contributed by atoms with E-state index in [0.717, 1.165) is 5.69 Å². The lowest BCUT2D eigenvalue weighted by atomic mass is 10.3. The van der Waals surface area contributed by atoms with Crippen molar-refractivity contribution in [2.45, 2.75) is 20.0 Å². The van der Waals surface area contributed by atoms with Gasteiger partial charge in [-0.3, -0.25) is 4.79 Å². The number of ether oxygens (including phenoxy) is 1. The van der Waals surface area contributed by atoms with Crippen molar-refractivity contribution in [2.75, 3.05) is 5.32 Å². The molecule has 1 amide bonds. The third-order valence-electron chi connectivity index (χ3n) is 3.31. The Balaban J connectivity index is 1.68. The van der Waals surface area contributed by atoms with Crippen LogP contribution in [0.25, 0.3) is 5.78 Å². The molecule has 8 heteroatoms. The van der Waals surface area contributed by atoms with E-state index in [1.54, 1.807) is 36.5 Å². The highest BCUT2D eigenvalue weighted by Gasteiger charge is 2.22. The van der Waals surface area contributed by atoms with Crippen molar-refractivity contribution >= 4 is 23.3 Å². The zero-order valence-corrected chi connectivity index (χ0v) is 13.1. The molecule has 2 aromatic heterocycles. The molecule has 3 aromatic rings. The SMILES string of the molecule is Cc1ccnc2nc(C(=O)OC(C)C(=O)Nc3ccccc3)nn12. The van der Waals surface area contributed by atoms with Gasteiger partial charge in [0, 0.05) is 17.6 Å². The van der Waals surface area contributed by atoms with E-state index in [-0.39, 0.29) is 5.82 Å². The molecule has 1 N–H and O–H groups in total. The van der Waals surface area contributed by atoms with Gasteiger partial charge in [0.05, 0.1) is 0 Å². The van der Waals surface area contributed by atoms with Crippen molar-refractivity contribution < 1.29 is 14.3 Å². The molecule has 2 heterocycles. The molecule has 0 bridgehead atoms. The number of esters is 1. The Morgan fingerprint density at radius 2 is 1.96 bits per heavy atom. The molecular formula is C16H15N5O3. The van der Waals surface area contributed by atoms with E-state index in [9.17, 15) is 9.59 Å². The maximum atomic E-state index is 12.1. The first-order chi connectivity index (χ1) is 11.5. The van der Waals surface area contributed by atoms with Gasteiger partial charge in [-0.1, -0.05) is 18.2 Å². The van der Waals surface area contributed by atoms with Crippen LogP contribution in [0.5, 0.6) is 0 Å². The van der Waals surface area contributed by atoms with Crippen LogP contribution in [0.3, 0.4) is 0 Å². The predicted molar refractivity (Wildman–Crippen MR) is 85.5 cm³/mol. The second kappa shape index (κ2) is 6.45. The first-order valence-corrected chi connectivity index (χ1v) is 7.30. The Labute approximate surface area is 137 Å². The number of carbonyl (C=O) groups is 2. The summed E-state index contributed by atoms with van der Waals surface area (Å²) in [7, 11) is 0. The van der Waals surface area contributed by atoms with Crippen molar-refractivity contribution in [1.29, 1.82) is 0 Å². The number of aromatic nitrogens is 4. The van der Waals surface area contributed by atoms with E-state index in [1.165, 1.54) is 11.4 Å². The lowest BCUT2D eigenvalue weighted by molar-refractivity contribution is -0.123. The van der Waals surface area contributed by atoms with Crippen LogP contribution in [0.4, 0.5) is 5.69 Å². The molecule has 0 aliphatic carbocycles. The summed E-state index contributed by atoms with van der Waals surface area (Å²) in [6.45, 7) is 3.30. The molecule has 3 rings (SSSR count). The molecule has 24 heavy (non-hydrogen) atoms. The number of nitrogens with zero attached hydrogens (tertiary/aromatic N) is 4. The number of para-hydroxylation sites is 1. The Morgan fingerprint density at radius 1 is 1.21 bits per heavy atom. The molecule has 1 aromatic carbocycles. The van der Waals surface area contributed by atoms with Gasteiger partial charge in [0.25, 0.3) is 17.5 Å². The number of nitrogens with one attached hydrogen (secondary N) is 1. The van der Waals surface area contributed by atoms with Crippen LogP contribution in [0.2, 0.25) is 0 Å². The van der Waals surface area contributed by atoms with Gasteiger partial charge < -0.3 is 10.1 Å². The average molecular weight is 325 g/mol. The van der Waals surface area contributed by atoms with Crippen molar-refractivity contribution in [2.24, 2.45) is 0 Å². The highest BCUT2D eigenvalue weighted by atomic mass is 16.5. The fourth-order valence-corrected chi connectivity index (χ4v) is 2.03. The molecular weight excluding hydrogens is 310 g/mol. The number of amides is 1. The fourth-order valence-electron chi connectivity index (χ4n) is 2.03. The standard InChI is InChI=1S/C16H15N5O3/c1-10-8-9-17-16-19-13(20-21(10)16)15(23)24-11(2)14(22)18-12-6-4-3-5-7-12/h3-9,11H,1-2H3,(H,18,22). The number of rotatable bonds is 4. The van der Waals surface area contributed by atoms with E-state index in [1.807, 2.05) is 13.0 Å². The van der Waals surface area contributed by atoms with Crippen LogP contribution in [0.15, 0.2) is 42.6 Å². The van der Waals surface area contributed by atoms with Gasteiger partial charge in [-0.25, -0.2) is 14.3 Å². The number of carbonyl (C=O) groups excluding carboxylic acids is 2. The zero-order chi connectivity index (χ0) is 17.1. The molecule has 1 atom stereocenters. The molecule has 0 radical (unpaired) electrons. The quantitative estimate of drug-likeness (QED) is 0.732. The topological polar surface area (TPSA) is 98.5 Å². The second-order valence-electron chi connectivity index (χ2n) is 5.14. The fraction of sp³-hybridized carbons (Fsp3) is 0.188. The van der Waals surface area contributed by atoms with Gasteiger partial charge >= 0.3 is 5.97 Å². The van der Waals surface area contributed by atoms with Crippen LogP contribution in [-0.2, 0) is 9.53 Å². The van der Waals surface area contributed by atoms with E-state index >= 15 is 0 Å². The predicted octanol–water partition coefficient (Wildman–Crippen LogP) is 1.62. The van der Waals surface area contributed by atoms with E-state index < -0.39 is 18.0 Å². The number of benzene rings is 1. The van der Waals surface area contributed by atoms with Crippen LogP contribution in [0, 0.1) is 6.92 Å². The van der Waals surface area contributed by atoms with Gasteiger partial charge in [0.2, 0.25) is 0 Å². The van der Waals surface area contributed by atoms with Crippen molar-refractivity contribution in [3.8, 4) is 0 Å². The van der Waals surface area contributed by atoms with Crippen LogP contribution >= 0.6 is 0 Å². The summed E-state index contributed by atoms with van der Waals surface area (Å²) in [6.07, 6.45) is 0.586. The molecule has 0 saturated carbocycles. The Hall–Kier alpha value is -3.29. The van der Waals surface area contributed by atoms with E-state index in [0.29, 0.717) is 11.5 Å². The van der Waals surface area contributed by atoms with E-state index in [4.69, 9.17) is 4.74 Å². The van der Waals surface area contributed by atoms with Gasteiger partial charge in [-0.05, 0) is 32.0 Å². The highest BCUT2D eigenvalue weighted by molar-refractivity contribution is 5.96. The smallest absolute Gasteiger partial charge is 0.379 e. The Morgan fingerprint density at radius 3 is 2.67 bits per heavy atom. The van der Waals surface area contributed by atoms with Gasteiger partial charge in [0.15, 0.2) is 6.10 Å². The summed E-state index contributed by atoms with van der Waals surface area (Å²) < 4.78 is 6.56. The summed E-state index contributed by atoms with van der Waals surface area (Å²) in [5, 5.41) is 6.71. The maximum Gasteiger partial charge on any atom is 0.379 e. The van der Waals surface area contributed by atoms with Crippen LogP contribution in [-0.4, -0.2) is 37.6 Å². The lowest BCUT2D eigenvalue weighted by Crippen LogP contribution is -2.30. The molecule has 0 spiro atoms. The Kier molecular flexibility index (Phi) is 4.19. The summed E-state index contributed by atoms with van der Waals surface area (Å²) in [6, 6.07) is 10.6. The number of aryl methyl sites for hydroxylation is 1. The van der Waals surface area contributed by atoms with E-state index in [2.05, 4.69) is 20.4 Å². The maximum absolute atomic E-state index is 12.1. The number of hydrogen-bond donors (Lipinski definition) is 1. The molecule has 0 aliphatic rings. The molecule has 0 saturated heterocycles. The average Bonchev–Trinajstić information content (AvgIpc) is 3.01. The van der Waals surface area contributed by atoms with Gasteiger partial charge in [-0.2, -0.15) is 4.98 Å². The monoisotopic (exact) mass is 325 g/mol. The van der Waals surface area contributed by atoms with Crippen molar-refractivity contribution in [3.05, 3.63) is 54.1 Å². The summed E-state index contributed by atoms with van der Waals surface area (Å²) in [5.41, 5.74) is 1.40. The minimum Gasteiger partial charge on any atom is -0.447 e. The number of fused-ring (bicyclic) bond motifs is 1. The lowest BCUT2D eigenvalue weighted by Gasteiger charge is -2.12. The third-order valence-corrected chi connectivity index (χ3v) is 3.31. The summed E-state index contributed by atoms with van der Waals surface area (Å²) >= 11 is 0. The molecule has 0 aliphatic heterocycles. The molecule has 122 valence electrons. The second-order valence-corrected chi connectivity index (χ2v) is 5.14. The summed E-state index contributed by atoms with van der Waals surface area (Å²) in [4.78, 5) is 32.2. The minimum atomic E-state index is -0.988. The van der Waals surface area contributed by atoms with Gasteiger partial charge in [0.1, 0.15) is 0 Å². The first kappa shape index (κ1) is 15.6.